The summed E-state index contributed by atoms with van der Waals surface area (Å²) in [5.41, 5.74) is 7.35. The Hall–Kier alpha value is -0.870. The van der Waals surface area contributed by atoms with Crippen LogP contribution in [0.25, 0.3) is 0 Å². The maximum Gasteiger partial charge on any atom is 0.240 e. The van der Waals surface area contributed by atoms with Crippen LogP contribution >= 0.6 is 11.3 Å². The fourth-order valence-electron chi connectivity index (χ4n) is 2.58. The van der Waals surface area contributed by atoms with E-state index in [1.165, 1.54) is 10.4 Å². The van der Waals surface area contributed by atoms with Gasteiger partial charge in [-0.1, -0.05) is 20.8 Å². The summed E-state index contributed by atoms with van der Waals surface area (Å²) in [7, 11) is 0. The van der Waals surface area contributed by atoms with Crippen molar-refractivity contribution >= 4 is 17.2 Å². The summed E-state index contributed by atoms with van der Waals surface area (Å²) < 4.78 is 0. The summed E-state index contributed by atoms with van der Waals surface area (Å²) in [6.07, 6.45) is 1.93. The molecule has 0 radical (unpaired) electrons. The van der Waals surface area contributed by atoms with Gasteiger partial charge >= 0.3 is 0 Å². The summed E-state index contributed by atoms with van der Waals surface area (Å²) in [4.78, 5) is 15.9. The molecule has 18 heavy (non-hydrogen) atoms. The van der Waals surface area contributed by atoms with Crippen LogP contribution in [0.4, 0.5) is 0 Å². The zero-order valence-electron chi connectivity index (χ0n) is 11.3. The third-order valence-electron chi connectivity index (χ3n) is 3.77. The lowest BCUT2D eigenvalue weighted by molar-refractivity contribution is -0.136. The number of carbonyl (C=O) groups is 1. The van der Waals surface area contributed by atoms with Crippen molar-refractivity contribution in [3.63, 3.8) is 0 Å². The Morgan fingerprint density at radius 2 is 2.33 bits per heavy atom. The Morgan fingerprint density at radius 1 is 1.61 bits per heavy atom. The van der Waals surface area contributed by atoms with Crippen molar-refractivity contribution in [3.8, 4) is 0 Å². The fourth-order valence-corrected chi connectivity index (χ4v) is 3.51. The van der Waals surface area contributed by atoms with Crippen molar-refractivity contribution in [2.45, 2.75) is 45.7 Å². The summed E-state index contributed by atoms with van der Waals surface area (Å²) in [5, 5.41) is 2.13. The van der Waals surface area contributed by atoms with Gasteiger partial charge in [-0.3, -0.25) is 4.79 Å². The van der Waals surface area contributed by atoms with Gasteiger partial charge < -0.3 is 10.6 Å². The highest BCUT2D eigenvalue weighted by Gasteiger charge is 2.33. The molecule has 0 spiro atoms. The van der Waals surface area contributed by atoms with Gasteiger partial charge in [-0.05, 0) is 35.8 Å². The van der Waals surface area contributed by atoms with Gasteiger partial charge in [0.1, 0.15) is 0 Å². The molecule has 2 unspecified atom stereocenters. The Balaban J connectivity index is 2.22. The van der Waals surface area contributed by atoms with Crippen LogP contribution in [-0.2, 0) is 11.2 Å². The smallest absolute Gasteiger partial charge is 0.240 e. The molecule has 2 atom stereocenters. The van der Waals surface area contributed by atoms with Gasteiger partial charge in [-0.15, -0.1) is 11.3 Å². The third kappa shape index (κ3) is 2.31. The molecule has 2 heterocycles. The molecule has 1 amide bonds. The second-order valence-electron chi connectivity index (χ2n) is 5.27. The molecule has 2 rings (SSSR count). The lowest BCUT2D eigenvalue weighted by Gasteiger charge is -2.37. The molecule has 0 aromatic carbocycles. The Kier molecular flexibility index (Phi) is 4.07. The Morgan fingerprint density at radius 3 is 2.94 bits per heavy atom. The maximum atomic E-state index is 12.4. The van der Waals surface area contributed by atoms with Crippen LogP contribution in [0.2, 0.25) is 0 Å². The van der Waals surface area contributed by atoms with Crippen molar-refractivity contribution in [2.75, 3.05) is 6.54 Å². The van der Waals surface area contributed by atoms with Gasteiger partial charge in [-0.2, -0.15) is 0 Å². The van der Waals surface area contributed by atoms with E-state index >= 15 is 0 Å². The van der Waals surface area contributed by atoms with Gasteiger partial charge in [0.25, 0.3) is 0 Å². The predicted octanol–water partition coefficient (Wildman–Crippen LogP) is 2.57. The minimum Gasteiger partial charge on any atom is -0.334 e. The molecule has 0 aliphatic carbocycles. The summed E-state index contributed by atoms with van der Waals surface area (Å²) in [6, 6.07) is 2.01. The van der Waals surface area contributed by atoms with Gasteiger partial charge in [0.15, 0.2) is 0 Å². The van der Waals surface area contributed by atoms with Crippen LogP contribution < -0.4 is 5.73 Å². The molecule has 0 fully saturated rings. The predicted molar refractivity (Wildman–Crippen MR) is 75.6 cm³/mol. The lowest BCUT2D eigenvalue weighted by Crippen LogP contribution is -2.49. The van der Waals surface area contributed by atoms with E-state index < -0.39 is 0 Å². The molecule has 1 aromatic heterocycles. The van der Waals surface area contributed by atoms with Crippen LogP contribution in [0.1, 0.15) is 43.7 Å². The molecule has 0 bridgehead atoms. The molecule has 100 valence electrons. The summed E-state index contributed by atoms with van der Waals surface area (Å²) in [6.45, 7) is 6.96. The normalized spacial score (nSPS) is 20.9. The molecule has 4 heteroatoms. The molecule has 1 aliphatic heterocycles. The molecule has 2 N–H and O–H groups in total. The van der Waals surface area contributed by atoms with E-state index in [2.05, 4.69) is 18.4 Å². The van der Waals surface area contributed by atoms with Gasteiger partial charge in [0.2, 0.25) is 5.91 Å². The summed E-state index contributed by atoms with van der Waals surface area (Å²) in [5.74, 6) is 0.299. The van der Waals surface area contributed by atoms with Crippen LogP contribution in [0.3, 0.4) is 0 Å². The van der Waals surface area contributed by atoms with E-state index in [1.807, 2.05) is 18.7 Å². The highest BCUT2D eigenvalue weighted by molar-refractivity contribution is 7.10. The van der Waals surface area contributed by atoms with Crippen molar-refractivity contribution in [1.29, 1.82) is 0 Å². The average molecular weight is 266 g/mol. The molecule has 0 saturated carbocycles. The number of hydrogen-bond donors (Lipinski definition) is 1. The van der Waals surface area contributed by atoms with Crippen LogP contribution in [-0.4, -0.2) is 23.4 Å². The highest BCUT2D eigenvalue weighted by atomic mass is 32.1. The number of thiophene rings is 1. The average Bonchev–Trinajstić information content (AvgIpc) is 2.83. The lowest BCUT2D eigenvalue weighted by atomic mass is 9.95. The van der Waals surface area contributed by atoms with E-state index in [9.17, 15) is 4.79 Å². The Labute approximate surface area is 113 Å². The zero-order valence-corrected chi connectivity index (χ0v) is 12.2. The first-order valence-electron chi connectivity index (χ1n) is 6.68. The van der Waals surface area contributed by atoms with Crippen molar-refractivity contribution in [1.82, 2.24) is 4.90 Å². The standard InChI is InChI=1S/C14H22N2OS/c1-4-11-10-6-8-18-12(10)5-7-16(11)14(17)13(15)9(2)3/h6,8-9,11,13H,4-5,7,15H2,1-3H3. The van der Waals surface area contributed by atoms with Crippen molar-refractivity contribution in [2.24, 2.45) is 11.7 Å². The second kappa shape index (κ2) is 5.41. The molecule has 1 aromatic rings. The monoisotopic (exact) mass is 266 g/mol. The largest absolute Gasteiger partial charge is 0.334 e. The molecule has 3 nitrogen and oxygen atoms in total. The van der Waals surface area contributed by atoms with E-state index in [1.54, 1.807) is 11.3 Å². The number of nitrogens with two attached hydrogens (primary N) is 1. The van der Waals surface area contributed by atoms with Crippen molar-refractivity contribution < 1.29 is 4.79 Å². The fraction of sp³-hybridized carbons (Fsp3) is 0.643. The first kappa shape index (κ1) is 13.6. The molecular weight excluding hydrogens is 244 g/mol. The van der Waals surface area contributed by atoms with Gasteiger partial charge in [0, 0.05) is 11.4 Å². The van der Waals surface area contributed by atoms with Crippen LogP contribution in [0, 0.1) is 5.92 Å². The van der Waals surface area contributed by atoms with E-state index in [-0.39, 0.29) is 23.9 Å². The number of amides is 1. The Bertz CT molecular complexity index is 427. The third-order valence-corrected chi connectivity index (χ3v) is 4.76. The highest BCUT2D eigenvalue weighted by Crippen LogP contribution is 2.35. The van der Waals surface area contributed by atoms with E-state index in [0.29, 0.717) is 0 Å². The van der Waals surface area contributed by atoms with Crippen LogP contribution in [0.5, 0.6) is 0 Å². The zero-order chi connectivity index (χ0) is 13.3. The SMILES string of the molecule is CCC1c2ccsc2CCN1C(=O)C(N)C(C)C. The number of rotatable bonds is 3. The minimum absolute atomic E-state index is 0.105. The van der Waals surface area contributed by atoms with Crippen LogP contribution in [0.15, 0.2) is 11.4 Å². The summed E-state index contributed by atoms with van der Waals surface area (Å²) >= 11 is 1.80. The number of fused-ring (bicyclic) bond motifs is 1. The van der Waals surface area contributed by atoms with Gasteiger partial charge in [-0.25, -0.2) is 0 Å². The van der Waals surface area contributed by atoms with E-state index in [0.717, 1.165) is 19.4 Å². The first-order valence-corrected chi connectivity index (χ1v) is 7.56. The molecule has 0 saturated heterocycles. The first-order chi connectivity index (χ1) is 8.56. The van der Waals surface area contributed by atoms with E-state index in [4.69, 9.17) is 5.73 Å². The second-order valence-corrected chi connectivity index (χ2v) is 6.28. The molecular formula is C14H22N2OS. The van der Waals surface area contributed by atoms with Crippen molar-refractivity contribution in [3.05, 3.63) is 21.9 Å². The number of hydrogen-bond acceptors (Lipinski definition) is 3. The minimum atomic E-state index is -0.376. The maximum absolute atomic E-state index is 12.4. The quantitative estimate of drug-likeness (QED) is 0.914. The number of carbonyl (C=O) groups excluding carboxylic acids is 1. The number of nitrogens with zero attached hydrogens (tertiary/aromatic N) is 1. The topological polar surface area (TPSA) is 46.3 Å². The molecule has 1 aliphatic rings. The van der Waals surface area contributed by atoms with Gasteiger partial charge in [0.05, 0.1) is 12.1 Å².